The van der Waals surface area contributed by atoms with Gasteiger partial charge in [0.2, 0.25) is 0 Å². The number of aryl methyl sites for hydroxylation is 2. The fourth-order valence-electron chi connectivity index (χ4n) is 4.63. The van der Waals surface area contributed by atoms with E-state index in [1.807, 2.05) is 12.1 Å². The smallest absolute Gasteiger partial charge is 0.269 e. The van der Waals surface area contributed by atoms with Gasteiger partial charge in [-0.1, -0.05) is 31.2 Å². The van der Waals surface area contributed by atoms with E-state index < -0.39 is 23.8 Å². The third-order valence-corrected chi connectivity index (χ3v) is 6.51. The van der Waals surface area contributed by atoms with Crippen LogP contribution in [-0.4, -0.2) is 39.9 Å². The van der Waals surface area contributed by atoms with Crippen molar-refractivity contribution < 1.29 is 18.7 Å². The molecule has 2 aromatic carbocycles. The molecule has 2 atom stereocenters. The minimum atomic E-state index is -0.988. The monoisotopic (exact) mass is 482 g/mol. The number of carbonyl (C=O) groups excluding carboxylic acids is 1. The molecule has 0 unspecified atom stereocenters. The highest BCUT2D eigenvalue weighted by Crippen LogP contribution is 2.22. The number of hydrogen-bond acceptors (Lipinski definition) is 4. The number of hydrogen-bond donors (Lipinski definition) is 4. The van der Waals surface area contributed by atoms with Crippen LogP contribution in [-0.2, 0) is 32.2 Å². The number of H-pyrrole nitrogens is 1. The second-order valence-electron chi connectivity index (χ2n) is 9.16. The van der Waals surface area contributed by atoms with Crippen LogP contribution >= 0.6 is 0 Å². The third kappa shape index (κ3) is 6.52. The molecular weight excluding hydrogens is 450 g/mol. The van der Waals surface area contributed by atoms with Crippen molar-refractivity contribution in [2.75, 3.05) is 6.54 Å². The predicted octanol–water partition coefficient (Wildman–Crippen LogP) is 3.62. The van der Waals surface area contributed by atoms with Gasteiger partial charge < -0.3 is 15.7 Å². The molecule has 1 aliphatic rings. The first kappa shape index (κ1) is 25.0. The molecule has 0 saturated carbocycles. The molecule has 8 heteroatoms. The Bertz CT molecular complexity index is 1140. The third-order valence-electron chi connectivity index (χ3n) is 6.51. The second kappa shape index (κ2) is 11.6. The number of nitrogens with zero attached hydrogens (tertiary/aromatic N) is 1. The van der Waals surface area contributed by atoms with Crippen molar-refractivity contribution in [3.8, 4) is 0 Å². The number of amides is 1. The van der Waals surface area contributed by atoms with E-state index in [-0.39, 0.29) is 18.9 Å². The van der Waals surface area contributed by atoms with Gasteiger partial charge in [0, 0.05) is 24.7 Å². The zero-order chi connectivity index (χ0) is 24.8. The molecule has 1 aliphatic carbocycles. The molecule has 186 valence electrons. The first-order valence-corrected chi connectivity index (χ1v) is 12.2. The highest BCUT2D eigenvalue weighted by atomic mass is 19.1. The first-order chi connectivity index (χ1) is 16.9. The summed E-state index contributed by atoms with van der Waals surface area (Å²) in [6, 6.07) is 10.7. The van der Waals surface area contributed by atoms with Crippen LogP contribution in [0.15, 0.2) is 42.5 Å². The van der Waals surface area contributed by atoms with Crippen LogP contribution in [0.1, 0.15) is 58.2 Å². The van der Waals surface area contributed by atoms with Gasteiger partial charge in [0.25, 0.3) is 5.91 Å². The minimum absolute atomic E-state index is 0.0743. The predicted molar refractivity (Wildman–Crippen MR) is 130 cm³/mol. The number of halogens is 2. The molecule has 4 rings (SSSR count). The number of fused-ring (bicyclic) bond motifs is 1. The maximum absolute atomic E-state index is 13.8. The summed E-state index contributed by atoms with van der Waals surface area (Å²) in [5.41, 5.74) is 4.88. The Hall–Kier alpha value is -3.10. The fraction of sp³-hybridized carbons (Fsp3) is 0.407. The van der Waals surface area contributed by atoms with Crippen LogP contribution in [0, 0.1) is 11.6 Å². The lowest BCUT2D eigenvalue weighted by Gasteiger charge is -2.25. The maximum Gasteiger partial charge on any atom is 0.269 e. The van der Waals surface area contributed by atoms with Gasteiger partial charge in [0.05, 0.1) is 17.8 Å². The summed E-state index contributed by atoms with van der Waals surface area (Å²) in [6.07, 6.45) is 3.66. The summed E-state index contributed by atoms with van der Waals surface area (Å²) in [7, 11) is 0. The average Bonchev–Trinajstić information content (AvgIpc) is 3.27. The molecule has 0 bridgehead atoms. The van der Waals surface area contributed by atoms with Crippen LogP contribution < -0.4 is 10.6 Å². The summed E-state index contributed by atoms with van der Waals surface area (Å²) in [4.78, 5) is 13.1. The zero-order valence-electron chi connectivity index (χ0n) is 19.9. The Balaban J connectivity index is 1.46. The van der Waals surface area contributed by atoms with Crippen molar-refractivity contribution in [3.63, 3.8) is 0 Å². The van der Waals surface area contributed by atoms with Crippen LogP contribution in [0.3, 0.4) is 0 Å². The number of aromatic nitrogens is 2. The molecule has 1 amide bonds. The first-order valence-electron chi connectivity index (χ1n) is 12.2. The van der Waals surface area contributed by atoms with E-state index in [0.29, 0.717) is 17.8 Å². The number of aliphatic hydroxyl groups is 1. The number of nitrogens with one attached hydrogen (secondary N) is 3. The molecular formula is C27H32F2N4O2. The molecule has 35 heavy (non-hydrogen) atoms. The van der Waals surface area contributed by atoms with Gasteiger partial charge in [-0.05, 0) is 67.3 Å². The Morgan fingerprint density at radius 2 is 1.83 bits per heavy atom. The number of aliphatic hydroxyl groups excluding tert-OH is 1. The highest BCUT2D eigenvalue weighted by molar-refractivity contribution is 5.94. The van der Waals surface area contributed by atoms with Gasteiger partial charge in [-0.25, -0.2) is 8.78 Å². The maximum atomic E-state index is 13.8. The van der Waals surface area contributed by atoms with E-state index in [9.17, 15) is 18.7 Å². The van der Waals surface area contributed by atoms with Crippen molar-refractivity contribution in [2.45, 2.75) is 64.1 Å². The van der Waals surface area contributed by atoms with Crippen LogP contribution in [0.4, 0.5) is 8.78 Å². The van der Waals surface area contributed by atoms with E-state index in [4.69, 9.17) is 0 Å². The summed E-state index contributed by atoms with van der Waals surface area (Å²) in [5, 5.41) is 24.2. The molecule has 0 aliphatic heterocycles. The number of benzene rings is 2. The Morgan fingerprint density at radius 3 is 2.60 bits per heavy atom. The van der Waals surface area contributed by atoms with Crippen LogP contribution in [0.25, 0.3) is 0 Å². The van der Waals surface area contributed by atoms with Crippen LogP contribution in [0.2, 0.25) is 0 Å². The van der Waals surface area contributed by atoms with Gasteiger partial charge >= 0.3 is 0 Å². The summed E-state index contributed by atoms with van der Waals surface area (Å²) in [6.45, 7) is 2.84. The van der Waals surface area contributed by atoms with Gasteiger partial charge in [-0.3, -0.25) is 9.89 Å². The largest absolute Gasteiger partial charge is 0.390 e. The number of aromatic amines is 1. The molecule has 0 spiro atoms. The van der Waals surface area contributed by atoms with Crippen molar-refractivity contribution >= 4 is 5.91 Å². The number of carbonyl (C=O) groups is 1. The molecule has 0 saturated heterocycles. The molecule has 0 radical (unpaired) electrons. The van der Waals surface area contributed by atoms with Gasteiger partial charge in [-0.15, -0.1) is 0 Å². The SMILES string of the molecule is CCc1cccc(CNC[C@@H](O)[C@H](Cc2cc(F)cc(F)c2)NC(=O)c2[nH]nc3c2CCCC3)c1. The second-order valence-corrected chi connectivity index (χ2v) is 9.16. The Morgan fingerprint density at radius 1 is 1.09 bits per heavy atom. The molecule has 1 aromatic heterocycles. The van der Waals surface area contributed by atoms with Gasteiger partial charge in [-0.2, -0.15) is 5.10 Å². The van der Waals surface area contributed by atoms with E-state index in [1.54, 1.807) is 0 Å². The van der Waals surface area contributed by atoms with Gasteiger partial charge in [0.15, 0.2) is 0 Å². The van der Waals surface area contributed by atoms with Crippen molar-refractivity contribution in [3.05, 3.63) is 87.7 Å². The number of rotatable bonds is 10. The van der Waals surface area contributed by atoms with E-state index in [2.05, 4.69) is 39.9 Å². The van der Waals surface area contributed by atoms with Crippen LogP contribution in [0.5, 0.6) is 0 Å². The zero-order valence-corrected chi connectivity index (χ0v) is 19.9. The average molecular weight is 483 g/mol. The Labute approximate surface area is 204 Å². The Kier molecular flexibility index (Phi) is 8.25. The fourth-order valence-corrected chi connectivity index (χ4v) is 4.63. The molecule has 0 fully saturated rings. The standard InChI is InChI=1S/C27H32F2N4O2/c1-2-17-6-5-7-18(10-17)15-30-16-25(34)24(13-19-11-20(28)14-21(29)12-19)31-27(35)26-22-8-3-4-9-23(22)32-33-26/h5-7,10-12,14,24-25,30,34H,2-4,8-9,13,15-16H2,1H3,(H,31,35)(H,32,33)/t24-,25+/m0/s1. The topological polar surface area (TPSA) is 90.0 Å². The molecule has 1 heterocycles. The highest BCUT2D eigenvalue weighted by Gasteiger charge is 2.27. The lowest BCUT2D eigenvalue weighted by molar-refractivity contribution is 0.0824. The quantitative estimate of drug-likeness (QED) is 0.355. The van der Waals surface area contributed by atoms with E-state index in [1.165, 1.54) is 17.7 Å². The summed E-state index contributed by atoms with van der Waals surface area (Å²) >= 11 is 0. The van der Waals surface area contributed by atoms with Crippen molar-refractivity contribution in [2.24, 2.45) is 0 Å². The summed E-state index contributed by atoms with van der Waals surface area (Å²) in [5.74, 6) is -1.77. The van der Waals surface area contributed by atoms with E-state index in [0.717, 1.165) is 55.0 Å². The minimum Gasteiger partial charge on any atom is -0.390 e. The van der Waals surface area contributed by atoms with Crippen molar-refractivity contribution in [1.29, 1.82) is 0 Å². The molecule has 6 nitrogen and oxygen atoms in total. The molecule has 4 N–H and O–H groups in total. The summed E-state index contributed by atoms with van der Waals surface area (Å²) < 4.78 is 27.6. The van der Waals surface area contributed by atoms with Crippen molar-refractivity contribution in [1.82, 2.24) is 20.8 Å². The lowest BCUT2D eigenvalue weighted by Crippen LogP contribution is -2.49. The van der Waals surface area contributed by atoms with E-state index >= 15 is 0 Å². The lowest BCUT2D eigenvalue weighted by atomic mass is 9.95. The van der Waals surface area contributed by atoms with Gasteiger partial charge in [0.1, 0.15) is 17.3 Å². The normalized spacial score (nSPS) is 14.9. The molecule has 3 aromatic rings.